The van der Waals surface area contributed by atoms with Crippen LogP contribution in [0.15, 0.2) is 0 Å². The van der Waals surface area contributed by atoms with Crippen molar-refractivity contribution in [1.82, 2.24) is 0 Å². The van der Waals surface area contributed by atoms with Gasteiger partial charge < -0.3 is 0 Å². The molecule has 6 heavy (non-hydrogen) atoms. The van der Waals surface area contributed by atoms with E-state index in [0.717, 1.165) is 0 Å². The summed E-state index contributed by atoms with van der Waals surface area (Å²) in [6.07, 6.45) is 0.625. The lowest BCUT2D eigenvalue weighted by Crippen LogP contribution is -1.38. The second kappa shape index (κ2) is 24.6. The molecule has 0 aromatic rings. The molecule has 0 aliphatic rings. The molecule has 0 aromatic heterocycles. The van der Waals surface area contributed by atoms with Gasteiger partial charge in [0.05, 0.1) is 6.07 Å². The molecule has 0 aliphatic heterocycles. The average molecular weight is 87.2 g/mol. The fourth-order valence-electron chi connectivity index (χ4n) is 0. The Hall–Kier alpha value is -0.510. The van der Waals surface area contributed by atoms with Crippen LogP contribution in [0.1, 0.15) is 28.2 Å². The highest BCUT2D eigenvalue weighted by Crippen LogP contribution is 1.58. The van der Waals surface area contributed by atoms with Crippen LogP contribution in [0.25, 0.3) is 0 Å². The largest absolute Gasteiger partial charge is 0.198 e. The Morgan fingerprint density at radius 2 is 1.67 bits per heavy atom. The quantitative estimate of drug-likeness (QED) is 0.444. The van der Waals surface area contributed by atoms with Crippen molar-refractivity contribution in [2.45, 2.75) is 28.2 Å². The Kier molecular flexibility index (Phi) is 73.3. The lowest BCUT2D eigenvalue weighted by atomic mass is 10.6. The van der Waals surface area contributed by atoms with Gasteiger partial charge in [-0.15, -0.1) is 0 Å². The summed E-state index contributed by atoms with van der Waals surface area (Å²) < 4.78 is 0. The number of hydrogen-bond acceptors (Lipinski definition) is 1. The van der Waals surface area contributed by atoms with Crippen molar-refractivity contribution in [2.24, 2.45) is 0 Å². The van der Waals surface area contributed by atoms with E-state index in [1.165, 1.54) is 0 Å². The van der Waals surface area contributed by atoms with Crippen molar-refractivity contribution in [1.29, 1.82) is 5.26 Å². The van der Waals surface area contributed by atoms with Gasteiger partial charge >= 0.3 is 0 Å². The van der Waals surface area contributed by atoms with Crippen LogP contribution >= 0.6 is 0 Å². The predicted molar refractivity (Wildman–Crippen MR) is 29.4 cm³/mol. The molecule has 0 rings (SSSR count). The second-order valence-corrected chi connectivity index (χ2v) is 0.512. The van der Waals surface area contributed by atoms with Crippen LogP contribution in [0.2, 0.25) is 0 Å². The third kappa shape index (κ3) is 90.1. The third-order valence-corrected chi connectivity index (χ3v) is 0.158. The first-order valence-electron chi connectivity index (χ1n) is 1.28. The van der Waals surface area contributed by atoms with Crippen LogP contribution < -0.4 is 0 Å². The monoisotopic (exact) mass is 87.1 g/mol. The van der Waals surface area contributed by atoms with Crippen molar-refractivity contribution in [3.63, 3.8) is 0 Å². The van der Waals surface area contributed by atoms with E-state index >= 15 is 0 Å². The molecule has 0 fully saturated rings. The predicted octanol–water partition coefficient (Wildman–Crippen LogP) is 2.19. The summed E-state index contributed by atoms with van der Waals surface area (Å²) in [5.41, 5.74) is 0. The van der Waals surface area contributed by atoms with Gasteiger partial charge in [-0.05, 0) is 0 Å². The van der Waals surface area contributed by atoms with Crippen LogP contribution in [0.5, 0.6) is 0 Å². The summed E-state index contributed by atoms with van der Waals surface area (Å²) in [6, 6.07) is 1.93. The maximum atomic E-state index is 7.62. The Labute approximate surface area is 40.6 Å². The molecule has 0 atom stereocenters. The smallest absolute Gasteiger partial charge is 0.0618 e. The molecule has 0 spiro atoms. The molecule has 0 unspecified atom stereocenters. The van der Waals surface area contributed by atoms with E-state index in [1.807, 2.05) is 13.0 Å². The highest BCUT2D eigenvalue weighted by molar-refractivity contribution is 4.61. The molecule has 0 aromatic carbocycles. The first-order valence-corrected chi connectivity index (χ1v) is 1.28. The maximum Gasteiger partial charge on any atom is 0.0618 e. The molecule has 1 nitrogen and oxygen atoms in total. The Bertz CT molecular complexity index is 33.7. The molecule has 0 amide bonds. The van der Waals surface area contributed by atoms with E-state index < -0.39 is 0 Å². The molecule has 0 saturated heterocycles. The van der Waals surface area contributed by atoms with Gasteiger partial charge in [0.15, 0.2) is 0 Å². The first kappa shape index (κ1) is 17.9. The average Bonchev–Trinajstić information content (AvgIpc) is 1.37. The van der Waals surface area contributed by atoms with Gasteiger partial charge in [-0.2, -0.15) is 5.26 Å². The standard InChI is InChI=1S/C3H5N.2CH4/c1-2-3-4;;/h2H2,1H3;2*1H4. The summed E-state index contributed by atoms with van der Waals surface area (Å²) >= 11 is 0. The fourth-order valence-corrected chi connectivity index (χ4v) is 0. The van der Waals surface area contributed by atoms with E-state index in [0.29, 0.717) is 6.42 Å². The highest BCUT2D eigenvalue weighted by Gasteiger charge is 1.49. The summed E-state index contributed by atoms with van der Waals surface area (Å²) in [6.45, 7) is 1.82. The van der Waals surface area contributed by atoms with Crippen molar-refractivity contribution >= 4 is 0 Å². The van der Waals surface area contributed by atoms with E-state index in [1.54, 1.807) is 0 Å². The summed E-state index contributed by atoms with van der Waals surface area (Å²) in [4.78, 5) is 0. The van der Waals surface area contributed by atoms with E-state index in [4.69, 9.17) is 5.26 Å². The van der Waals surface area contributed by atoms with Gasteiger partial charge in [0, 0.05) is 6.42 Å². The number of rotatable bonds is 0. The lowest BCUT2D eigenvalue weighted by Gasteiger charge is -1.47. The summed E-state index contributed by atoms with van der Waals surface area (Å²) in [5, 5.41) is 7.62. The number of nitrogens with zero attached hydrogens (tertiary/aromatic N) is 1. The van der Waals surface area contributed by atoms with E-state index in [-0.39, 0.29) is 14.9 Å². The van der Waals surface area contributed by atoms with Crippen molar-refractivity contribution in [2.75, 3.05) is 0 Å². The van der Waals surface area contributed by atoms with Gasteiger partial charge in [0.25, 0.3) is 0 Å². The molecule has 0 aliphatic carbocycles. The molecule has 38 valence electrons. The van der Waals surface area contributed by atoms with Crippen LogP contribution in [-0.4, -0.2) is 0 Å². The van der Waals surface area contributed by atoms with Crippen molar-refractivity contribution in [3.05, 3.63) is 0 Å². The first-order chi connectivity index (χ1) is 1.91. The van der Waals surface area contributed by atoms with E-state index in [9.17, 15) is 0 Å². The van der Waals surface area contributed by atoms with Crippen LogP contribution in [0.4, 0.5) is 0 Å². The molecule has 0 heterocycles. The minimum atomic E-state index is 0. The van der Waals surface area contributed by atoms with Crippen molar-refractivity contribution < 1.29 is 0 Å². The summed E-state index contributed by atoms with van der Waals surface area (Å²) in [5.74, 6) is 0. The zero-order chi connectivity index (χ0) is 3.41. The Balaban J connectivity index is -0.0000000450. The van der Waals surface area contributed by atoms with Crippen LogP contribution in [0, 0.1) is 11.3 Å². The van der Waals surface area contributed by atoms with Gasteiger partial charge in [0.1, 0.15) is 0 Å². The zero-order valence-corrected chi connectivity index (χ0v) is 2.65. The molecule has 0 bridgehead atoms. The summed E-state index contributed by atoms with van der Waals surface area (Å²) in [7, 11) is 0. The van der Waals surface area contributed by atoms with Gasteiger partial charge in [-0.25, -0.2) is 0 Å². The van der Waals surface area contributed by atoms with Crippen LogP contribution in [0.3, 0.4) is 0 Å². The molecule has 0 saturated carbocycles. The third-order valence-electron chi connectivity index (χ3n) is 0.158. The van der Waals surface area contributed by atoms with Crippen LogP contribution in [-0.2, 0) is 0 Å². The SMILES string of the molecule is C.C.CCC#N. The molecular formula is C5H13N. The fraction of sp³-hybridized carbons (Fsp3) is 0.800. The molecule has 0 radical (unpaired) electrons. The normalized spacial score (nSPS) is 3.33. The Morgan fingerprint density at radius 1 is 1.50 bits per heavy atom. The molecule has 1 heteroatoms. The number of nitriles is 1. The van der Waals surface area contributed by atoms with Crippen molar-refractivity contribution in [3.8, 4) is 6.07 Å². The van der Waals surface area contributed by atoms with Gasteiger partial charge in [-0.1, -0.05) is 21.8 Å². The second-order valence-electron chi connectivity index (χ2n) is 0.512. The number of hydrogen-bond donors (Lipinski definition) is 0. The lowest BCUT2D eigenvalue weighted by molar-refractivity contribution is 1.22. The highest BCUT2D eigenvalue weighted by atomic mass is 14.2. The minimum absolute atomic E-state index is 0. The van der Waals surface area contributed by atoms with Gasteiger partial charge in [-0.3, -0.25) is 0 Å². The molecular weight excluding hydrogens is 74.1 g/mol. The maximum absolute atomic E-state index is 7.62. The zero-order valence-electron chi connectivity index (χ0n) is 2.65. The minimum Gasteiger partial charge on any atom is -0.198 e. The molecule has 0 N–H and O–H groups in total. The van der Waals surface area contributed by atoms with Gasteiger partial charge in [0.2, 0.25) is 0 Å². The Morgan fingerprint density at radius 3 is 1.67 bits per heavy atom. The topological polar surface area (TPSA) is 23.8 Å². The van der Waals surface area contributed by atoms with E-state index in [2.05, 4.69) is 0 Å².